The molecule has 0 fully saturated rings. The van der Waals surface area contributed by atoms with Crippen LogP contribution in [0.4, 0.5) is 0 Å². The molecular formula is C37H66N4O7. The number of ketones is 4. The fourth-order valence-electron chi connectivity index (χ4n) is 4.41. The van der Waals surface area contributed by atoms with Crippen molar-refractivity contribution in [3.05, 3.63) is 0 Å². The van der Waals surface area contributed by atoms with Gasteiger partial charge in [-0.05, 0) is 13.0 Å². The maximum atomic E-state index is 12.9. The maximum absolute atomic E-state index is 12.9. The molecule has 0 heterocycles. The summed E-state index contributed by atoms with van der Waals surface area (Å²) >= 11 is 0. The standard InChI is InChI=1S/C37H66N4O7/c1-33(2,3)26(42)14-13-21-38-22-37(23-39-30(46)18-15-27(43)34(4,5)6,24-40-31(47)19-16-28(44)35(7,8)9)25-41-32(48)20-17-29(45)36(10,11)12/h38H,13-25H2,1-12H3,(H,39,46)(H,40,47)(H,41,48). The van der Waals surface area contributed by atoms with Gasteiger partial charge >= 0.3 is 0 Å². The molecule has 11 nitrogen and oxygen atoms in total. The van der Waals surface area contributed by atoms with Gasteiger partial charge in [0.2, 0.25) is 17.7 Å². The second-order valence-corrected chi connectivity index (χ2v) is 17.3. The van der Waals surface area contributed by atoms with Crippen LogP contribution in [0.1, 0.15) is 134 Å². The van der Waals surface area contributed by atoms with Gasteiger partial charge < -0.3 is 21.3 Å². The molecule has 0 radical (unpaired) electrons. The van der Waals surface area contributed by atoms with E-state index in [1.54, 1.807) is 62.3 Å². The van der Waals surface area contributed by atoms with Crippen molar-refractivity contribution in [3.8, 4) is 0 Å². The first-order valence-corrected chi connectivity index (χ1v) is 17.3. The molecular weight excluding hydrogens is 612 g/mol. The van der Waals surface area contributed by atoms with Crippen molar-refractivity contribution in [2.75, 3.05) is 32.7 Å². The van der Waals surface area contributed by atoms with Gasteiger partial charge in [-0.15, -0.1) is 0 Å². The van der Waals surface area contributed by atoms with Gasteiger partial charge in [-0.25, -0.2) is 0 Å². The number of Topliss-reactive ketones (excluding diaryl/α,β-unsaturated/α-hetero) is 4. The highest BCUT2D eigenvalue weighted by atomic mass is 16.2. The number of nitrogens with one attached hydrogen (secondary N) is 4. The summed E-state index contributed by atoms with van der Waals surface area (Å²) in [5, 5.41) is 12.0. The molecule has 0 unspecified atom stereocenters. The highest BCUT2D eigenvalue weighted by Gasteiger charge is 2.33. The summed E-state index contributed by atoms with van der Waals surface area (Å²) in [6.07, 6.45) is 1.21. The van der Waals surface area contributed by atoms with E-state index in [9.17, 15) is 33.6 Å². The molecule has 0 aromatic heterocycles. The number of hydrogen-bond acceptors (Lipinski definition) is 8. The van der Waals surface area contributed by atoms with Gasteiger partial charge in [0, 0.05) is 98.2 Å². The second-order valence-electron chi connectivity index (χ2n) is 17.3. The van der Waals surface area contributed by atoms with Crippen LogP contribution in [-0.2, 0) is 33.6 Å². The zero-order valence-corrected chi connectivity index (χ0v) is 32.1. The molecule has 0 bridgehead atoms. The van der Waals surface area contributed by atoms with Crippen molar-refractivity contribution >= 4 is 40.9 Å². The minimum atomic E-state index is -0.912. The predicted octanol–water partition coefficient (Wildman–Crippen LogP) is 4.49. The molecule has 4 N–H and O–H groups in total. The van der Waals surface area contributed by atoms with Crippen LogP contribution in [0.25, 0.3) is 0 Å². The van der Waals surface area contributed by atoms with Gasteiger partial charge in [0.1, 0.15) is 23.1 Å². The SMILES string of the molecule is CC(C)(C)C(=O)CCCNCC(CNC(=O)CCC(=O)C(C)(C)C)(CNC(=O)CCC(=O)C(C)(C)C)CNC(=O)CCC(=O)C(C)(C)C. The smallest absolute Gasteiger partial charge is 0.220 e. The lowest BCUT2D eigenvalue weighted by molar-refractivity contribution is -0.130. The molecule has 0 saturated carbocycles. The predicted molar refractivity (Wildman–Crippen MR) is 189 cm³/mol. The lowest BCUT2D eigenvalue weighted by Gasteiger charge is -2.35. The molecule has 0 rings (SSSR count). The van der Waals surface area contributed by atoms with Crippen molar-refractivity contribution < 1.29 is 33.6 Å². The van der Waals surface area contributed by atoms with E-state index >= 15 is 0 Å². The van der Waals surface area contributed by atoms with Crippen molar-refractivity contribution in [1.82, 2.24) is 21.3 Å². The van der Waals surface area contributed by atoms with E-state index in [-0.39, 0.29) is 106 Å². The normalized spacial score (nSPS) is 12.7. The quantitative estimate of drug-likeness (QED) is 0.129. The van der Waals surface area contributed by atoms with Crippen LogP contribution >= 0.6 is 0 Å². The van der Waals surface area contributed by atoms with E-state index in [2.05, 4.69) is 21.3 Å². The average Bonchev–Trinajstić information content (AvgIpc) is 2.95. The highest BCUT2D eigenvalue weighted by Crippen LogP contribution is 2.21. The van der Waals surface area contributed by atoms with Crippen LogP contribution in [0.15, 0.2) is 0 Å². The molecule has 0 aromatic rings. The maximum Gasteiger partial charge on any atom is 0.220 e. The van der Waals surface area contributed by atoms with Crippen LogP contribution in [0.5, 0.6) is 0 Å². The molecule has 0 aromatic carbocycles. The molecule has 0 aliphatic heterocycles. The Morgan fingerprint density at radius 1 is 0.375 bits per heavy atom. The van der Waals surface area contributed by atoms with E-state index in [4.69, 9.17) is 0 Å². The van der Waals surface area contributed by atoms with Gasteiger partial charge in [-0.3, -0.25) is 33.6 Å². The van der Waals surface area contributed by atoms with Gasteiger partial charge in [0.15, 0.2) is 0 Å². The van der Waals surface area contributed by atoms with Crippen molar-refractivity contribution in [3.63, 3.8) is 0 Å². The van der Waals surface area contributed by atoms with Crippen LogP contribution in [0.3, 0.4) is 0 Å². The Hall–Kier alpha value is -2.95. The summed E-state index contributed by atoms with van der Waals surface area (Å²) in [5.74, 6) is -0.980. The average molecular weight is 679 g/mol. The third kappa shape index (κ3) is 19.1. The summed E-state index contributed by atoms with van der Waals surface area (Å²) in [5.41, 5.74) is -3.07. The zero-order chi connectivity index (χ0) is 37.6. The lowest BCUT2D eigenvalue weighted by atomic mass is 9.85. The summed E-state index contributed by atoms with van der Waals surface area (Å²) in [4.78, 5) is 88.4. The van der Waals surface area contributed by atoms with Crippen LogP contribution in [0.2, 0.25) is 0 Å². The number of rotatable bonds is 21. The van der Waals surface area contributed by atoms with Crippen LogP contribution < -0.4 is 21.3 Å². The molecule has 48 heavy (non-hydrogen) atoms. The van der Waals surface area contributed by atoms with Gasteiger partial charge in [-0.1, -0.05) is 83.1 Å². The van der Waals surface area contributed by atoms with Crippen LogP contribution in [-0.4, -0.2) is 73.6 Å². The Morgan fingerprint density at radius 3 is 0.917 bits per heavy atom. The second kappa shape index (κ2) is 19.3. The summed E-state index contributed by atoms with van der Waals surface area (Å²) < 4.78 is 0. The molecule has 0 atom stereocenters. The molecule has 11 heteroatoms. The molecule has 0 spiro atoms. The third-order valence-electron chi connectivity index (χ3n) is 8.32. The molecule has 276 valence electrons. The Balaban J connectivity index is 5.96. The number of amides is 3. The van der Waals surface area contributed by atoms with E-state index in [0.717, 1.165) is 0 Å². The topological polar surface area (TPSA) is 168 Å². The first-order valence-electron chi connectivity index (χ1n) is 17.3. The summed E-state index contributed by atoms with van der Waals surface area (Å²) in [6.45, 7) is 22.8. The van der Waals surface area contributed by atoms with Crippen LogP contribution in [0, 0.1) is 27.1 Å². The van der Waals surface area contributed by atoms with Crippen molar-refractivity contribution in [2.24, 2.45) is 27.1 Å². The van der Waals surface area contributed by atoms with E-state index < -0.39 is 27.1 Å². The Kier molecular flexibility index (Phi) is 18.1. The van der Waals surface area contributed by atoms with Crippen molar-refractivity contribution in [1.29, 1.82) is 0 Å². The molecule has 0 aliphatic carbocycles. The Labute approximate surface area is 289 Å². The molecule has 0 aliphatic rings. The Bertz CT molecular complexity index is 1020. The zero-order valence-electron chi connectivity index (χ0n) is 32.1. The lowest BCUT2D eigenvalue weighted by Crippen LogP contribution is -2.56. The van der Waals surface area contributed by atoms with Gasteiger partial charge in [0.25, 0.3) is 0 Å². The minimum absolute atomic E-state index is 0.00290. The summed E-state index contributed by atoms with van der Waals surface area (Å²) in [6, 6.07) is 0. The first kappa shape index (κ1) is 45.0. The molecule has 0 saturated heterocycles. The van der Waals surface area contributed by atoms with E-state index in [0.29, 0.717) is 19.4 Å². The number of hydrogen-bond donors (Lipinski definition) is 4. The van der Waals surface area contributed by atoms with E-state index in [1.165, 1.54) is 0 Å². The molecule has 3 amide bonds. The van der Waals surface area contributed by atoms with Gasteiger partial charge in [0.05, 0.1) is 0 Å². The highest BCUT2D eigenvalue weighted by molar-refractivity contribution is 5.89. The van der Waals surface area contributed by atoms with Crippen molar-refractivity contribution in [2.45, 2.75) is 134 Å². The minimum Gasteiger partial charge on any atom is -0.355 e. The Morgan fingerprint density at radius 2 is 0.646 bits per heavy atom. The first-order chi connectivity index (χ1) is 21.7. The number of carbonyl (C=O) groups excluding carboxylic acids is 7. The van der Waals surface area contributed by atoms with Gasteiger partial charge in [-0.2, -0.15) is 0 Å². The fraction of sp³-hybridized carbons (Fsp3) is 0.811. The largest absolute Gasteiger partial charge is 0.355 e. The number of carbonyl (C=O) groups is 7. The fourth-order valence-corrected chi connectivity index (χ4v) is 4.41. The third-order valence-corrected chi connectivity index (χ3v) is 8.32. The summed E-state index contributed by atoms with van der Waals surface area (Å²) in [7, 11) is 0. The monoisotopic (exact) mass is 678 g/mol. The van der Waals surface area contributed by atoms with E-state index in [1.807, 2.05) is 20.8 Å².